The lowest BCUT2D eigenvalue weighted by Crippen LogP contribution is -2.47. The summed E-state index contributed by atoms with van der Waals surface area (Å²) >= 11 is 6.19. The molecule has 4 atom stereocenters. The number of carbonyl (C=O) groups is 4. The first-order chi connectivity index (χ1) is 63.1. The average molecular weight is 1920 g/mol. The molecule has 15 rings (SSSR count). The normalized spacial score (nSPS) is 16.2. The number of alkyl halides is 2. The zero-order valence-electron chi connectivity index (χ0n) is 79.7. The quantitative estimate of drug-likeness (QED) is 0.0217. The molecular formula is C93H128BrFN24O11S2. The van der Waals surface area contributed by atoms with Gasteiger partial charge < -0.3 is 61.5 Å². The number of H-pyrrole nitrogens is 1. The lowest BCUT2D eigenvalue weighted by molar-refractivity contribution is -0.111. The number of hydrogen-bond acceptors (Lipinski definition) is 28. The van der Waals surface area contributed by atoms with Gasteiger partial charge >= 0.3 is 12.2 Å². The van der Waals surface area contributed by atoms with E-state index in [0.717, 1.165) is 97.9 Å². The largest absolute Gasteiger partial charge is 0.444 e. The van der Waals surface area contributed by atoms with Crippen molar-refractivity contribution in [1.29, 1.82) is 0 Å². The van der Waals surface area contributed by atoms with Gasteiger partial charge in [0.1, 0.15) is 39.4 Å². The topological polar surface area (TPSA) is 432 Å². The third-order valence-corrected chi connectivity index (χ3v) is 21.4. The van der Waals surface area contributed by atoms with Crippen LogP contribution in [0.3, 0.4) is 0 Å². The van der Waals surface area contributed by atoms with E-state index in [1.54, 1.807) is 132 Å². The minimum atomic E-state index is -1.00. The summed E-state index contributed by atoms with van der Waals surface area (Å²) in [7, 11) is -1.00. The monoisotopic (exact) mass is 1920 g/mol. The molecule has 4 aliphatic heterocycles. The van der Waals surface area contributed by atoms with Crippen LogP contribution in [0.2, 0.25) is 0 Å². The third-order valence-electron chi connectivity index (χ3n) is 20.3. The molecule has 39 heteroatoms. The van der Waals surface area contributed by atoms with Crippen molar-refractivity contribution in [3.63, 3.8) is 0 Å². The number of thioether (sulfide) groups is 2. The summed E-state index contributed by atoms with van der Waals surface area (Å²) in [6, 6.07) is 23.8. The highest BCUT2D eigenvalue weighted by Gasteiger charge is 2.31. The molecule has 0 aliphatic carbocycles. The molecule has 4 aliphatic rings. The van der Waals surface area contributed by atoms with Crippen molar-refractivity contribution in [2.75, 3.05) is 93.3 Å². The molecule has 4 saturated heterocycles. The van der Waals surface area contributed by atoms with Crippen LogP contribution in [-0.4, -0.2) is 224 Å². The molecule has 712 valence electrons. The fraction of sp³-hybridized carbons (Fsp3) is 0.495. The van der Waals surface area contributed by atoms with E-state index < -0.39 is 18.4 Å². The summed E-state index contributed by atoms with van der Waals surface area (Å²) in [5.41, 5.74) is 8.83. The van der Waals surface area contributed by atoms with Gasteiger partial charge in [-0.3, -0.25) is 56.2 Å². The fourth-order valence-electron chi connectivity index (χ4n) is 14.4. The Hall–Kier alpha value is -11.7. The van der Waals surface area contributed by atoms with E-state index in [1.165, 1.54) is 41.7 Å². The Balaban J connectivity index is 0.000000200. The molecule has 0 radical (unpaired) electrons. The van der Waals surface area contributed by atoms with Crippen LogP contribution in [0.4, 0.5) is 37.5 Å². The van der Waals surface area contributed by atoms with E-state index >= 15 is 0 Å². The van der Waals surface area contributed by atoms with E-state index in [1.807, 2.05) is 114 Å². The maximum absolute atomic E-state index is 13.0. The number of anilines is 4. The third kappa shape index (κ3) is 31.8. The van der Waals surface area contributed by atoms with Gasteiger partial charge in [0.25, 0.3) is 28.1 Å². The number of nitrogens with one attached hydrogen (secondary N) is 6. The number of halogens is 2. The number of amides is 4. The van der Waals surface area contributed by atoms with Gasteiger partial charge in [-0.2, -0.15) is 15.0 Å². The molecule has 132 heavy (non-hydrogen) atoms. The van der Waals surface area contributed by atoms with Crippen molar-refractivity contribution >= 4 is 142 Å². The van der Waals surface area contributed by atoms with Gasteiger partial charge in [0, 0.05) is 198 Å². The maximum atomic E-state index is 13.0. The van der Waals surface area contributed by atoms with E-state index in [0.29, 0.717) is 111 Å². The molecular weight excluding hydrogens is 1790 g/mol. The van der Waals surface area contributed by atoms with Crippen LogP contribution in [0, 0.1) is 0 Å². The van der Waals surface area contributed by atoms with E-state index in [-0.39, 0.29) is 94.1 Å². The van der Waals surface area contributed by atoms with Crippen LogP contribution in [-0.2, 0) is 14.3 Å². The number of nitrogens with zero attached hydrogens (tertiary/aromatic N) is 17. The predicted molar refractivity (Wildman–Crippen MR) is 528 cm³/mol. The molecule has 0 unspecified atom stereocenters. The zero-order valence-corrected chi connectivity index (χ0v) is 81.9. The minimum Gasteiger partial charge on any atom is -0.444 e. The van der Waals surface area contributed by atoms with Gasteiger partial charge in [0.2, 0.25) is 29.3 Å². The number of benzene rings is 1. The number of piperidine rings is 4. The molecule has 8 N–H and O–H groups in total. The number of hydrogen-bond donors (Lipinski definition) is 7. The first kappa shape index (κ1) is 104. The molecule has 35 nitrogen and oxygen atoms in total. The van der Waals surface area contributed by atoms with Crippen molar-refractivity contribution in [2.45, 2.75) is 237 Å². The fourth-order valence-corrected chi connectivity index (χ4v) is 15.1. The molecule has 14 heterocycles. The number of fused-ring (bicyclic) bond motifs is 5. The second-order valence-corrected chi connectivity index (χ2v) is 38.4. The highest BCUT2D eigenvalue weighted by molar-refractivity contribution is 9.09. The number of carbonyl (C=O) groups excluding carboxylic acids is 4. The first-order valence-electron chi connectivity index (χ1n) is 44.8. The zero-order chi connectivity index (χ0) is 97.6. The smallest absolute Gasteiger partial charge is 0.410 e. The molecule has 4 amide bonds. The number of aromatic nitrogens is 15. The Bertz CT molecular complexity index is 6040. The van der Waals surface area contributed by atoms with Crippen LogP contribution in [0.25, 0.3) is 55.2 Å². The number of aromatic amines is 1. The molecule has 0 bridgehead atoms. The van der Waals surface area contributed by atoms with Gasteiger partial charge in [-0.05, 0) is 228 Å². The Labute approximate surface area is 786 Å². The molecule has 1 aromatic carbocycles. The van der Waals surface area contributed by atoms with Crippen molar-refractivity contribution in [1.82, 2.24) is 93.1 Å². The highest BCUT2D eigenvalue weighted by Crippen LogP contribution is 2.26. The lowest BCUT2D eigenvalue weighted by atomic mass is 10.0. The summed E-state index contributed by atoms with van der Waals surface area (Å²) in [5, 5.41) is 21.6. The standard InChI is InChI=1S/C25H28N6O3.C20H29N5O3.C15H21N5O.C11H13N3OS.C10H20N2O2.C8H7N3OS.C3H7Br.CH3F/c1-4-21(32)27-19-10-7-17(8-11-19)24(34)30-13-5-6-20(15-30)28-25-26-14-18-9-12-22(33)31(16(2)3)23(18)29-25;1-13(2)25-16(26)9-8-14-11-21-18(23-17(14)25)22-15-7-6-10-24(12-15)19(27)28-20(3,4)5;1-10(2)20-13(21)6-5-11-8-17-15(19-14(11)20)18-12-4-3-7-16-9-12;1-7(2)14-9(15)5-4-8-6-12-11(16-3)13-10(8)14;1-10(2,3)14-9(13)12-6-4-5-8(11)7-12;1-13-8-9-4-5-2-3-6(12)10-7(5)11-8;1-3(2)4;1-2/h4,7-12,14,16,20H,1,5-6,13,15H2,2-3H3,(H,27,32)(H,26,28,29);8-9,11,13,15H,6-7,10,12H2,1-5H3,(H,21,22,23);5-6,8,10,12,16H,3-4,7,9H2,1-2H3,(H,17,18,19);4-7H,1-3H3;8H,4-7,11H2,1-3H3;2-4H,1H3,(H,9,10,11,12);3H,1-2H3;1H3/t20-;15-;12-;;8-;;;/m111.1.../s1/i;;;;;;;1D. The van der Waals surface area contributed by atoms with Crippen molar-refractivity contribution < 1.29 is 34.4 Å². The summed E-state index contributed by atoms with van der Waals surface area (Å²) in [5.74, 6) is 1.13. The van der Waals surface area contributed by atoms with E-state index in [9.17, 15) is 47.5 Å². The predicted octanol–water partition coefficient (Wildman–Crippen LogP) is 14.8. The average Bonchev–Trinajstić information content (AvgIpc) is 0.792. The maximum Gasteiger partial charge on any atom is 0.410 e. The van der Waals surface area contributed by atoms with Crippen LogP contribution in [0.15, 0.2) is 163 Å². The van der Waals surface area contributed by atoms with Crippen LogP contribution >= 0.6 is 39.5 Å². The Morgan fingerprint density at radius 1 is 0.515 bits per heavy atom. The highest BCUT2D eigenvalue weighted by atomic mass is 79.9. The van der Waals surface area contributed by atoms with E-state index in [2.05, 4.69) is 118 Å². The molecule has 10 aromatic heterocycles. The van der Waals surface area contributed by atoms with Gasteiger partial charge in [-0.25, -0.2) is 44.5 Å². The van der Waals surface area contributed by atoms with Crippen molar-refractivity contribution in [2.24, 2.45) is 5.73 Å². The molecule has 11 aromatic rings. The minimum absolute atomic E-state index is 0.00343. The van der Waals surface area contributed by atoms with E-state index in [4.69, 9.17) is 16.6 Å². The lowest BCUT2D eigenvalue weighted by Gasteiger charge is -2.34. The molecule has 0 saturated carbocycles. The summed E-state index contributed by atoms with van der Waals surface area (Å²) in [6.45, 7) is 40.3. The Morgan fingerprint density at radius 3 is 1.27 bits per heavy atom. The van der Waals surface area contributed by atoms with Crippen LogP contribution < -0.4 is 60.1 Å². The molecule has 0 spiro atoms. The second-order valence-electron chi connectivity index (χ2n) is 35.0. The van der Waals surface area contributed by atoms with Crippen LogP contribution in [0.5, 0.6) is 0 Å². The SMILES string of the molecule is C=CC(=O)Nc1ccc(C(=O)N2CCC[C@@H](Nc3ncc4ccc(=O)n(C(C)C)c4n3)C2)cc1.CC(C)(C)OC(=O)N1CCC[C@@H](N)C1.CC(C)Br.CC(C)n1c(=O)ccc2cnc(N[C@@H]3CCCN(C(=O)OC(C)(C)C)C3)nc21.CC(C)n1c(=O)ccc2cnc(N[C@@H]3CCCNC3)nc21.CSc1ncc2ccc(=O)[nH]c2n1.CSc1ncc2ccc(=O)n(C(C)C)c2n1.[2H]CF. The second kappa shape index (κ2) is 50.3. The van der Waals surface area contributed by atoms with Gasteiger partial charge in [0.15, 0.2) is 10.3 Å². The van der Waals surface area contributed by atoms with Crippen molar-refractivity contribution in [3.05, 3.63) is 186 Å². The number of ether oxygens (including phenoxy) is 2. The number of likely N-dealkylation sites (tertiary alicyclic amines) is 3. The summed E-state index contributed by atoms with van der Waals surface area (Å²) in [4.78, 5) is 160. The van der Waals surface area contributed by atoms with Crippen LogP contribution in [0.1, 0.15) is 198 Å². The van der Waals surface area contributed by atoms with Crippen molar-refractivity contribution in [3.8, 4) is 0 Å². The number of rotatable bonds is 15. The van der Waals surface area contributed by atoms with Gasteiger partial charge in [-0.1, -0.05) is 59.9 Å². The Kier molecular flexibility index (Phi) is 39.6. The molecule has 4 fully saturated rings. The summed E-state index contributed by atoms with van der Waals surface area (Å²) < 4.78 is 33.0. The first-order valence-corrected chi connectivity index (χ1v) is 47.5. The summed E-state index contributed by atoms with van der Waals surface area (Å²) in [6.07, 6.45) is 20.9. The number of nitrogens with two attached hydrogens (primary N) is 1. The van der Waals surface area contributed by atoms with Gasteiger partial charge in [0.05, 0.1) is 8.52 Å². The Morgan fingerprint density at radius 2 is 0.879 bits per heavy atom. The number of pyridine rings is 5. The van der Waals surface area contributed by atoms with Gasteiger partial charge in [-0.15, -0.1) is 0 Å².